The van der Waals surface area contributed by atoms with Crippen molar-refractivity contribution in [2.24, 2.45) is 0 Å². The summed E-state index contributed by atoms with van der Waals surface area (Å²) in [5.41, 5.74) is 2.49. The van der Waals surface area contributed by atoms with Crippen molar-refractivity contribution in [1.29, 1.82) is 0 Å². The minimum Gasteiger partial charge on any atom is -0.481 e. The van der Waals surface area contributed by atoms with Crippen LogP contribution in [0.2, 0.25) is 0 Å². The highest BCUT2D eigenvalue weighted by Crippen LogP contribution is 2.38. The van der Waals surface area contributed by atoms with Crippen molar-refractivity contribution in [3.63, 3.8) is 0 Å². The Labute approximate surface area is 121 Å². The maximum atomic E-state index is 12.4. The van der Waals surface area contributed by atoms with Gasteiger partial charge in [0.25, 0.3) is 0 Å². The number of aromatic amines is 1. The number of para-hydroxylation sites is 1. The van der Waals surface area contributed by atoms with E-state index in [0.717, 1.165) is 16.9 Å². The summed E-state index contributed by atoms with van der Waals surface area (Å²) in [4.78, 5) is 25.1. The van der Waals surface area contributed by atoms with Crippen LogP contribution >= 0.6 is 0 Å². The molecule has 6 heteroatoms. The Kier molecular flexibility index (Phi) is 3.43. The van der Waals surface area contributed by atoms with Gasteiger partial charge in [-0.25, -0.2) is 0 Å². The molecule has 1 aliphatic heterocycles. The van der Waals surface area contributed by atoms with Crippen LogP contribution < -0.4 is 4.90 Å². The molecule has 108 valence electrons. The van der Waals surface area contributed by atoms with Crippen LogP contribution in [0.15, 0.2) is 36.5 Å². The Balaban J connectivity index is 1.83. The summed E-state index contributed by atoms with van der Waals surface area (Å²) in [7, 11) is 0. The number of hydrogen-bond acceptors (Lipinski definition) is 3. The van der Waals surface area contributed by atoms with E-state index in [2.05, 4.69) is 10.2 Å². The second-order valence-electron chi connectivity index (χ2n) is 5.12. The number of anilines is 1. The van der Waals surface area contributed by atoms with Crippen LogP contribution in [0.3, 0.4) is 0 Å². The number of carbonyl (C=O) groups excluding carboxylic acids is 1. The van der Waals surface area contributed by atoms with Crippen LogP contribution in [0.5, 0.6) is 0 Å². The average Bonchev–Trinajstić information content (AvgIpc) is 3.07. The Morgan fingerprint density at radius 2 is 2.14 bits per heavy atom. The lowest BCUT2D eigenvalue weighted by molar-refractivity contribution is -0.137. The zero-order valence-electron chi connectivity index (χ0n) is 11.3. The molecule has 0 bridgehead atoms. The topological polar surface area (TPSA) is 86.3 Å². The van der Waals surface area contributed by atoms with Gasteiger partial charge in [0.2, 0.25) is 5.91 Å². The van der Waals surface area contributed by atoms with Crippen molar-refractivity contribution in [2.45, 2.75) is 18.8 Å². The highest BCUT2D eigenvalue weighted by Gasteiger charge is 2.33. The monoisotopic (exact) mass is 285 g/mol. The molecule has 1 atom stereocenters. The number of rotatable bonds is 4. The number of nitrogens with one attached hydrogen (secondary N) is 1. The van der Waals surface area contributed by atoms with E-state index in [0.29, 0.717) is 6.54 Å². The van der Waals surface area contributed by atoms with Crippen LogP contribution in [0.4, 0.5) is 5.69 Å². The molecule has 2 heterocycles. The Hall–Kier alpha value is -2.63. The molecule has 21 heavy (non-hydrogen) atoms. The van der Waals surface area contributed by atoms with Crippen molar-refractivity contribution in [2.75, 3.05) is 11.4 Å². The van der Waals surface area contributed by atoms with Crippen LogP contribution in [0, 0.1) is 0 Å². The molecular weight excluding hydrogens is 270 g/mol. The molecule has 0 radical (unpaired) electrons. The summed E-state index contributed by atoms with van der Waals surface area (Å²) in [6, 6.07) is 9.25. The summed E-state index contributed by atoms with van der Waals surface area (Å²) in [5.74, 6) is -1.05. The van der Waals surface area contributed by atoms with Crippen LogP contribution in [-0.4, -0.2) is 33.7 Å². The Bertz CT molecular complexity index is 667. The quantitative estimate of drug-likeness (QED) is 0.892. The van der Waals surface area contributed by atoms with Crippen molar-refractivity contribution < 1.29 is 14.7 Å². The average molecular weight is 285 g/mol. The lowest BCUT2D eigenvalue weighted by atomic mass is 9.98. The fraction of sp³-hybridized carbons (Fsp3) is 0.267. The van der Waals surface area contributed by atoms with E-state index in [4.69, 9.17) is 5.11 Å². The van der Waals surface area contributed by atoms with Gasteiger partial charge in [-0.1, -0.05) is 18.2 Å². The van der Waals surface area contributed by atoms with Gasteiger partial charge < -0.3 is 10.0 Å². The maximum absolute atomic E-state index is 12.4. The molecule has 2 aromatic rings. The number of carboxylic acids is 1. The normalized spacial score (nSPS) is 16.8. The van der Waals surface area contributed by atoms with Gasteiger partial charge in [-0.2, -0.15) is 5.10 Å². The predicted octanol–water partition coefficient (Wildman–Crippen LogP) is 1.56. The summed E-state index contributed by atoms with van der Waals surface area (Å²) in [6.07, 6.45) is 1.87. The molecule has 0 fully saturated rings. The lowest BCUT2D eigenvalue weighted by Crippen LogP contribution is -2.31. The second-order valence-corrected chi connectivity index (χ2v) is 5.12. The van der Waals surface area contributed by atoms with E-state index in [-0.39, 0.29) is 24.7 Å². The number of benzene rings is 1. The smallest absolute Gasteiger partial charge is 0.304 e. The third-order valence-electron chi connectivity index (χ3n) is 3.69. The molecule has 1 amide bonds. The van der Waals surface area contributed by atoms with Gasteiger partial charge in [0.1, 0.15) is 0 Å². The standard InChI is InChI=1S/C15H15N3O3/c19-14(8-11-5-6-16-17-11)18-9-10(7-15(20)21)12-3-1-2-4-13(12)18/h1-6,10H,7-9H2,(H,16,17)(H,20,21). The molecule has 0 saturated heterocycles. The molecule has 1 aromatic carbocycles. The second kappa shape index (κ2) is 5.40. The molecular formula is C15H15N3O3. The van der Waals surface area contributed by atoms with Crippen LogP contribution in [0.1, 0.15) is 23.6 Å². The number of hydrogen-bond donors (Lipinski definition) is 2. The molecule has 0 aliphatic carbocycles. The molecule has 3 rings (SSSR count). The van der Waals surface area contributed by atoms with Crippen molar-refractivity contribution >= 4 is 17.6 Å². The summed E-state index contributed by atoms with van der Waals surface area (Å²) >= 11 is 0. The molecule has 1 aromatic heterocycles. The Morgan fingerprint density at radius 3 is 2.86 bits per heavy atom. The van der Waals surface area contributed by atoms with Gasteiger partial charge in [-0.05, 0) is 17.7 Å². The van der Waals surface area contributed by atoms with Crippen LogP contribution in [0.25, 0.3) is 0 Å². The minimum atomic E-state index is -0.849. The van der Waals surface area contributed by atoms with E-state index in [1.165, 1.54) is 0 Å². The third-order valence-corrected chi connectivity index (χ3v) is 3.69. The number of carbonyl (C=O) groups is 2. The molecule has 1 unspecified atom stereocenters. The van der Waals surface area contributed by atoms with Crippen molar-refractivity contribution in [1.82, 2.24) is 10.2 Å². The predicted molar refractivity (Wildman–Crippen MR) is 76.1 cm³/mol. The number of nitrogens with zero attached hydrogens (tertiary/aromatic N) is 2. The van der Waals surface area contributed by atoms with E-state index in [1.807, 2.05) is 24.3 Å². The Morgan fingerprint density at radius 1 is 1.33 bits per heavy atom. The zero-order chi connectivity index (χ0) is 14.8. The first-order valence-electron chi connectivity index (χ1n) is 6.74. The molecule has 0 saturated carbocycles. The summed E-state index contributed by atoms with van der Waals surface area (Å²) in [6.45, 7) is 0.415. The van der Waals surface area contributed by atoms with Gasteiger partial charge >= 0.3 is 5.97 Å². The largest absolute Gasteiger partial charge is 0.481 e. The van der Waals surface area contributed by atoms with Gasteiger partial charge in [-0.15, -0.1) is 0 Å². The van der Waals surface area contributed by atoms with E-state index in [1.54, 1.807) is 17.2 Å². The minimum absolute atomic E-state index is 0.0326. The van der Waals surface area contributed by atoms with E-state index in [9.17, 15) is 9.59 Å². The number of aromatic nitrogens is 2. The SMILES string of the molecule is O=C(O)CC1CN(C(=O)Cc2ccn[nH]2)c2ccccc21. The highest BCUT2D eigenvalue weighted by atomic mass is 16.4. The number of fused-ring (bicyclic) bond motifs is 1. The molecule has 6 nitrogen and oxygen atoms in total. The first-order valence-corrected chi connectivity index (χ1v) is 6.74. The lowest BCUT2D eigenvalue weighted by Gasteiger charge is -2.17. The molecule has 1 aliphatic rings. The van der Waals surface area contributed by atoms with E-state index < -0.39 is 5.97 Å². The first-order chi connectivity index (χ1) is 10.1. The maximum Gasteiger partial charge on any atom is 0.304 e. The summed E-state index contributed by atoms with van der Waals surface area (Å²) < 4.78 is 0. The van der Waals surface area contributed by atoms with Crippen LogP contribution in [-0.2, 0) is 16.0 Å². The fourth-order valence-electron chi connectivity index (χ4n) is 2.76. The summed E-state index contributed by atoms with van der Waals surface area (Å²) in [5, 5.41) is 15.6. The zero-order valence-corrected chi connectivity index (χ0v) is 11.3. The number of aliphatic carboxylic acids is 1. The van der Waals surface area contributed by atoms with E-state index >= 15 is 0 Å². The highest BCUT2D eigenvalue weighted by molar-refractivity contribution is 5.97. The number of amides is 1. The molecule has 0 spiro atoms. The molecule has 2 N–H and O–H groups in total. The number of H-pyrrole nitrogens is 1. The van der Waals surface area contributed by atoms with Gasteiger partial charge in [0, 0.05) is 30.0 Å². The van der Waals surface area contributed by atoms with Gasteiger partial charge in [-0.3, -0.25) is 14.7 Å². The van der Waals surface area contributed by atoms with Gasteiger partial charge in [0.15, 0.2) is 0 Å². The van der Waals surface area contributed by atoms with Crippen molar-refractivity contribution in [3.8, 4) is 0 Å². The first kappa shape index (κ1) is 13.4. The third kappa shape index (κ3) is 2.65. The fourth-order valence-corrected chi connectivity index (χ4v) is 2.76. The van der Waals surface area contributed by atoms with Crippen molar-refractivity contribution in [3.05, 3.63) is 47.8 Å². The van der Waals surface area contributed by atoms with Gasteiger partial charge in [0.05, 0.1) is 12.8 Å². The number of carboxylic acid groups (broad SMARTS) is 1.